The Morgan fingerprint density at radius 3 is 2.31 bits per heavy atom. The zero-order chi connectivity index (χ0) is 25.9. The highest BCUT2D eigenvalue weighted by Gasteiger charge is 2.32. The Labute approximate surface area is 207 Å². The predicted octanol–water partition coefficient (Wildman–Crippen LogP) is -0.674. The standard InChI is InChI=1S/C25H28N4O7/c1-35-21(31)13-26-22(32)19(14-30)28-23(33)18(12-16-8-4-2-5-9-16)27-24(34)20-15-36-25(29-20)17-10-6-3-7-11-17/h2-11,18-20,30H,12-15H2,1H3,(H,26,32)(H,27,34)(H,28,33)/t18-,19-,20?/m0/s1. The number of nitrogens with zero attached hydrogens (tertiary/aromatic N) is 1. The summed E-state index contributed by atoms with van der Waals surface area (Å²) in [5, 5.41) is 17.0. The molecule has 3 atom stereocenters. The molecule has 2 aromatic rings. The number of methoxy groups -OCH3 is 1. The maximum Gasteiger partial charge on any atom is 0.325 e. The number of carbonyl (C=O) groups excluding carboxylic acids is 4. The lowest BCUT2D eigenvalue weighted by molar-refractivity contribution is -0.141. The molecule has 1 heterocycles. The van der Waals surface area contributed by atoms with E-state index in [1.54, 1.807) is 24.3 Å². The van der Waals surface area contributed by atoms with Gasteiger partial charge in [0.1, 0.15) is 25.2 Å². The summed E-state index contributed by atoms with van der Waals surface area (Å²) in [6.45, 7) is -1.12. The minimum Gasteiger partial charge on any atom is -0.475 e. The van der Waals surface area contributed by atoms with Crippen LogP contribution in [-0.4, -0.2) is 79.7 Å². The van der Waals surface area contributed by atoms with Crippen molar-refractivity contribution in [2.45, 2.75) is 24.5 Å². The fourth-order valence-electron chi connectivity index (χ4n) is 3.39. The van der Waals surface area contributed by atoms with Crippen molar-refractivity contribution in [1.29, 1.82) is 0 Å². The molecule has 0 spiro atoms. The predicted molar refractivity (Wildman–Crippen MR) is 129 cm³/mol. The van der Waals surface area contributed by atoms with Crippen LogP contribution in [0.4, 0.5) is 0 Å². The fourth-order valence-corrected chi connectivity index (χ4v) is 3.39. The number of aliphatic hydroxyl groups excluding tert-OH is 1. The summed E-state index contributed by atoms with van der Waals surface area (Å²) in [7, 11) is 1.17. The van der Waals surface area contributed by atoms with E-state index >= 15 is 0 Å². The first-order valence-electron chi connectivity index (χ1n) is 11.3. The van der Waals surface area contributed by atoms with Crippen molar-refractivity contribution < 1.29 is 33.8 Å². The van der Waals surface area contributed by atoms with E-state index in [1.165, 1.54) is 7.11 Å². The van der Waals surface area contributed by atoms with E-state index in [-0.39, 0.29) is 13.0 Å². The van der Waals surface area contributed by atoms with Crippen molar-refractivity contribution in [3.63, 3.8) is 0 Å². The maximum absolute atomic E-state index is 13.1. The Morgan fingerprint density at radius 2 is 1.67 bits per heavy atom. The van der Waals surface area contributed by atoms with Crippen molar-refractivity contribution in [1.82, 2.24) is 16.0 Å². The lowest BCUT2D eigenvalue weighted by atomic mass is 10.0. The summed E-state index contributed by atoms with van der Waals surface area (Å²) in [5.74, 6) is -2.34. The summed E-state index contributed by atoms with van der Waals surface area (Å²) in [4.78, 5) is 53.9. The van der Waals surface area contributed by atoms with E-state index in [0.717, 1.165) is 11.1 Å². The zero-order valence-corrected chi connectivity index (χ0v) is 19.7. The maximum atomic E-state index is 13.1. The summed E-state index contributed by atoms with van der Waals surface area (Å²) >= 11 is 0. The molecular weight excluding hydrogens is 468 g/mol. The van der Waals surface area contributed by atoms with Gasteiger partial charge in [0.05, 0.1) is 13.7 Å². The third-order valence-corrected chi connectivity index (χ3v) is 5.34. The number of hydrogen-bond donors (Lipinski definition) is 4. The van der Waals surface area contributed by atoms with Gasteiger partial charge in [0, 0.05) is 12.0 Å². The topological polar surface area (TPSA) is 155 Å². The second-order valence-electron chi connectivity index (χ2n) is 7.92. The van der Waals surface area contributed by atoms with Crippen molar-refractivity contribution in [2.75, 3.05) is 26.9 Å². The highest BCUT2D eigenvalue weighted by atomic mass is 16.5. The Balaban J connectivity index is 1.70. The Morgan fingerprint density at radius 1 is 1.00 bits per heavy atom. The van der Waals surface area contributed by atoms with Gasteiger partial charge in [-0.3, -0.25) is 19.2 Å². The Kier molecular flexibility index (Phi) is 9.52. The van der Waals surface area contributed by atoms with E-state index in [4.69, 9.17) is 4.74 Å². The molecule has 0 aromatic heterocycles. The minimum absolute atomic E-state index is 0.0188. The number of nitrogens with one attached hydrogen (secondary N) is 3. The summed E-state index contributed by atoms with van der Waals surface area (Å²) in [6.07, 6.45) is 0.128. The number of carbonyl (C=O) groups is 4. The minimum atomic E-state index is -1.34. The Bertz CT molecular complexity index is 1090. The van der Waals surface area contributed by atoms with Crippen LogP contribution in [0, 0.1) is 0 Å². The van der Waals surface area contributed by atoms with Crippen LogP contribution in [0.3, 0.4) is 0 Å². The van der Waals surface area contributed by atoms with Gasteiger partial charge in [-0.05, 0) is 17.7 Å². The van der Waals surface area contributed by atoms with E-state index in [2.05, 4.69) is 25.7 Å². The van der Waals surface area contributed by atoms with Gasteiger partial charge in [-0.15, -0.1) is 0 Å². The zero-order valence-electron chi connectivity index (χ0n) is 19.7. The van der Waals surface area contributed by atoms with E-state index in [9.17, 15) is 24.3 Å². The van der Waals surface area contributed by atoms with E-state index < -0.39 is 55.0 Å². The van der Waals surface area contributed by atoms with Crippen LogP contribution in [0.25, 0.3) is 0 Å². The molecular formula is C25H28N4O7. The number of esters is 1. The normalized spacial score (nSPS) is 16.1. The molecule has 2 aromatic carbocycles. The van der Waals surface area contributed by atoms with Crippen LogP contribution in [-0.2, 0) is 35.1 Å². The van der Waals surface area contributed by atoms with Gasteiger partial charge in [0.25, 0.3) is 0 Å². The molecule has 0 aliphatic carbocycles. The molecule has 0 saturated carbocycles. The quantitative estimate of drug-likeness (QED) is 0.301. The molecule has 36 heavy (non-hydrogen) atoms. The first-order chi connectivity index (χ1) is 17.4. The third-order valence-electron chi connectivity index (χ3n) is 5.34. The van der Waals surface area contributed by atoms with Gasteiger partial charge in [-0.25, -0.2) is 4.99 Å². The van der Waals surface area contributed by atoms with Crippen LogP contribution >= 0.6 is 0 Å². The van der Waals surface area contributed by atoms with E-state index in [0.29, 0.717) is 5.90 Å². The highest BCUT2D eigenvalue weighted by Crippen LogP contribution is 2.13. The molecule has 0 bridgehead atoms. The lowest BCUT2D eigenvalue weighted by Gasteiger charge is -2.22. The molecule has 1 aliphatic rings. The largest absolute Gasteiger partial charge is 0.475 e. The number of amides is 3. The van der Waals surface area contributed by atoms with Crippen molar-refractivity contribution >= 4 is 29.6 Å². The number of rotatable bonds is 11. The molecule has 1 aliphatic heterocycles. The van der Waals surface area contributed by atoms with Crippen molar-refractivity contribution in [2.24, 2.45) is 4.99 Å². The number of benzene rings is 2. The monoisotopic (exact) mass is 496 g/mol. The molecule has 4 N–H and O–H groups in total. The van der Waals surface area contributed by atoms with Gasteiger partial charge < -0.3 is 30.5 Å². The number of hydrogen-bond acceptors (Lipinski definition) is 8. The SMILES string of the molecule is COC(=O)CNC(=O)[C@H](CO)NC(=O)[C@H](Cc1ccccc1)NC(=O)C1COC(c2ccccc2)=N1. The number of aliphatic imine (C=N–C) groups is 1. The second kappa shape index (κ2) is 13.0. The highest BCUT2D eigenvalue weighted by molar-refractivity contribution is 5.99. The number of ether oxygens (including phenoxy) is 2. The third kappa shape index (κ3) is 7.37. The average molecular weight is 497 g/mol. The summed E-state index contributed by atoms with van der Waals surface area (Å²) in [6, 6.07) is 14.9. The van der Waals surface area contributed by atoms with Crippen LogP contribution in [0.2, 0.25) is 0 Å². The fraction of sp³-hybridized carbons (Fsp3) is 0.320. The smallest absolute Gasteiger partial charge is 0.325 e. The van der Waals surface area contributed by atoms with Crippen LogP contribution in [0.5, 0.6) is 0 Å². The van der Waals surface area contributed by atoms with Gasteiger partial charge in [-0.1, -0.05) is 48.5 Å². The lowest BCUT2D eigenvalue weighted by Crippen LogP contribution is -2.57. The van der Waals surface area contributed by atoms with Gasteiger partial charge in [-0.2, -0.15) is 0 Å². The molecule has 11 nitrogen and oxygen atoms in total. The molecule has 0 fully saturated rings. The van der Waals surface area contributed by atoms with Gasteiger partial charge in [0.15, 0.2) is 6.04 Å². The van der Waals surface area contributed by atoms with E-state index in [1.807, 2.05) is 36.4 Å². The molecule has 3 amide bonds. The number of aliphatic hydroxyl groups is 1. The second-order valence-corrected chi connectivity index (χ2v) is 7.92. The Hall–Kier alpha value is -4.25. The van der Waals surface area contributed by atoms with Crippen LogP contribution < -0.4 is 16.0 Å². The van der Waals surface area contributed by atoms with Crippen molar-refractivity contribution in [3.8, 4) is 0 Å². The summed E-state index contributed by atoms with van der Waals surface area (Å²) in [5.41, 5.74) is 1.50. The van der Waals surface area contributed by atoms with Crippen molar-refractivity contribution in [3.05, 3.63) is 71.8 Å². The average Bonchev–Trinajstić information content (AvgIpc) is 3.41. The first-order valence-corrected chi connectivity index (χ1v) is 11.3. The molecule has 0 radical (unpaired) electrons. The molecule has 11 heteroatoms. The molecule has 1 unspecified atom stereocenters. The molecule has 3 rings (SSSR count). The van der Waals surface area contributed by atoms with Crippen LogP contribution in [0.1, 0.15) is 11.1 Å². The van der Waals surface area contributed by atoms with Gasteiger partial charge >= 0.3 is 5.97 Å². The van der Waals surface area contributed by atoms with Gasteiger partial charge in [0.2, 0.25) is 23.6 Å². The molecule has 190 valence electrons. The first kappa shape index (κ1) is 26.4. The summed E-state index contributed by atoms with van der Waals surface area (Å²) < 4.78 is 10.0. The molecule has 0 saturated heterocycles. The van der Waals surface area contributed by atoms with Crippen LogP contribution in [0.15, 0.2) is 65.7 Å².